The third-order valence-corrected chi connectivity index (χ3v) is 5.67. The summed E-state index contributed by atoms with van der Waals surface area (Å²) in [5.74, 6) is 2.40. The Morgan fingerprint density at radius 2 is 1.80 bits per heavy atom. The molecule has 0 unspecified atom stereocenters. The number of H-pyrrole nitrogens is 1. The molecule has 0 spiro atoms. The Balaban J connectivity index is 1.54. The van der Waals surface area contributed by atoms with Crippen molar-refractivity contribution < 1.29 is 5.11 Å². The first-order valence-corrected chi connectivity index (χ1v) is 10.5. The second-order valence-corrected chi connectivity index (χ2v) is 8.35. The number of likely N-dealkylation sites (N-methyl/N-ethyl adjacent to an activating group) is 1. The number of aromatic amines is 1. The van der Waals surface area contributed by atoms with Crippen LogP contribution in [0, 0.1) is 0 Å². The van der Waals surface area contributed by atoms with E-state index in [0.29, 0.717) is 12.5 Å². The van der Waals surface area contributed by atoms with Gasteiger partial charge in [0, 0.05) is 31.6 Å². The molecule has 6 nitrogen and oxygen atoms in total. The number of aromatic nitrogens is 4. The number of nitrogens with one attached hydrogen (secondary N) is 1. The average Bonchev–Trinajstić information content (AvgIpc) is 3.17. The summed E-state index contributed by atoms with van der Waals surface area (Å²) in [5, 5.41) is 10.2. The third kappa shape index (κ3) is 4.14. The van der Waals surface area contributed by atoms with Crippen molar-refractivity contribution in [1.82, 2.24) is 19.9 Å². The van der Waals surface area contributed by atoms with Crippen LogP contribution in [-0.2, 0) is 6.42 Å². The summed E-state index contributed by atoms with van der Waals surface area (Å²) >= 11 is 0. The highest BCUT2D eigenvalue weighted by Crippen LogP contribution is 2.25. The van der Waals surface area contributed by atoms with Crippen molar-refractivity contribution in [2.24, 2.45) is 0 Å². The largest absolute Gasteiger partial charge is 0.395 e. The first-order chi connectivity index (χ1) is 14.4. The van der Waals surface area contributed by atoms with E-state index in [1.807, 2.05) is 18.1 Å². The van der Waals surface area contributed by atoms with Crippen LogP contribution in [0.3, 0.4) is 0 Å². The molecule has 0 bridgehead atoms. The number of imidazole rings is 1. The lowest BCUT2D eigenvalue weighted by atomic mass is 9.97. The minimum atomic E-state index is 0.0976. The van der Waals surface area contributed by atoms with Crippen LogP contribution in [0.2, 0.25) is 0 Å². The predicted molar refractivity (Wildman–Crippen MR) is 122 cm³/mol. The number of rotatable bonds is 7. The summed E-state index contributed by atoms with van der Waals surface area (Å²) in [7, 11) is 1.92. The van der Waals surface area contributed by atoms with E-state index < -0.39 is 0 Å². The van der Waals surface area contributed by atoms with Crippen molar-refractivity contribution in [2.45, 2.75) is 39.0 Å². The minimum Gasteiger partial charge on any atom is -0.395 e. The van der Waals surface area contributed by atoms with E-state index in [1.165, 1.54) is 11.1 Å². The molecule has 4 aromatic rings. The fourth-order valence-electron chi connectivity index (χ4n) is 3.69. The molecule has 0 saturated heterocycles. The lowest BCUT2D eigenvalue weighted by Gasteiger charge is -2.13. The average molecular weight is 404 g/mol. The van der Waals surface area contributed by atoms with Gasteiger partial charge in [0.2, 0.25) is 5.95 Å². The number of nitrogens with zero attached hydrogens (tertiary/aromatic N) is 4. The molecule has 2 heterocycles. The van der Waals surface area contributed by atoms with E-state index in [0.717, 1.165) is 40.1 Å². The summed E-state index contributed by atoms with van der Waals surface area (Å²) < 4.78 is 0. The first-order valence-electron chi connectivity index (χ1n) is 10.5. The molecule has 6 heteroatoms. The molecule has 2 aromatic heterocycles. The fraction of sp³-hybridized carbons (Fsp3) is 0.375. The van der Waals surface area contributed by atoms with Gasteiger partial charge in [-0.25, -0.2) is 15.0 Å². The van der Waals surface area contributed by atoms with Gasteiger partial charge in [0.05, 0.1) is 23.2 Å². The lowest BCUT2D eigenvalue weighted by molar-refractivity contribution is 0.303. The number of fused-ring (bicyclic) bond motifs is 2. The zero-order chi connectivity index (χ0) is 21.3. The summed E-state index contributed by atoms with van der Waals surface area (Å²) in [6.07, 6.45) is 2.71. The number of hydrogen-bond acceptors (Lipinski definition) is 5. The second kappa shape index (κ2) is 8.40. The van der Waals surface area contributed by atoms with Crippen molar-refractivity contribution in [3.8, 4) is 0 Å². The van der Waals surface area contributed by atoms with E-state index >= 15 is 0 Å². The number of anilines is 1. The van der Waals surface area contributed by atoms with E-state index in [9.17, 15) is 0 Å². The van der Waals surface area contributed by atoms with Gasteiger partial charge >= 0.3 is 0 Å². The van der Waals surface area contributed by atoms with Crippen molar-refractivity contribution in [1.29, 1.82) is 0 Å². The van der Waals surface area contributed by atoms with Crippen molar-refractivity contribution >= 4 is 27.9 Å². The van der Waals surface area contributed by atoms with Gasteiger partial charge in [-0.15, -0.1) is 0 Å². The summed E-state index contributed by atoms with van der Waals surface area (Å²) in [6.45, 7) is 7.23. The van der Waals surface area contributed by atoms with Crippen LogP contribution >= 0.6 is 0 Å². The Bertz CT molecular complexity index is 1170. The van der Waals surface area contributed by atoms with Gasteiger partial charge in [-0.3, -0.25) is 0 Å². The lowest BCUT2D eigenvalue weighted by Crippen LogP contribution is -2.22. The number of aliphatic hydroxyl groups is 1. The molecule has 0 aliphatic heterocycles. The maximum absolute atomic E-state index is 9.14. The molecule has 0 saturated carbocycles. The Morgan fingerprint density at radius 1 is 1.00 bits per heavy atom. The van der Waals surface area contributed by atoms with Gasteiger partial charge in [-0.2, -0.15) is 0 Å². The van der Waals surface area contributed by atoms with E-state index in [2.05, 4.69) is 72.1 Å². The molecule has 0 fully saturated rings. The monoisotopic (exact) mass is 403 g/mol. The maximum atomic E-state index is 9.14. The number of aliphatic hydroxyl groups excluding tert-OH is 1. The maximum Gasteiger partial charge on any atom is 0.203 e. The van der Waals surface area contributed by atoms with Crippen LogP contribution in [-0.4, -0.2) is 45.2 Å². The summed E-state index contributed by atoms with van der Waals surface area (Å²) in [4.78, 5) is 19.3. The van der Waals surface area contributed by atoms with Gasteiger partial charge in [0.25, 0.3) is 0 Å². The molecule has 156 valence electrons. The zero-order valence-electron chi connectivity index (χ0n) is 18.1. The molecule has 0 aliphatic carbocycles. The van der Waals surface area contributed by atoms with E-state index in [-0.39, 0.29) is 12.5 Å². The Kier molecular flexibility index (Phi) is 5.68. The van der Waals surface area contributed by atoms with Gasteiger partial charge in [0.1, 0.15) is 5.82 Å². The summed E-state index contributed by atoms with van der Waals surface area (Å²) in [5.41, 5.74) is 5.44. The highest BCUT2D eigenvalue weighted by molar-refractivity contribution is 5.79. The molecule has 0 amide bonds. The standard InChI is InChI=1S/C24H29N5O/c1-15(2)17-5-7-20-19(12-17)14-25-23(26-20)11-16(3)18-6-8-21-22(13-18)28-24(27-21)29(4)9-10-30/h5-8,12-16,30H,9-11H2,1-4H3,(H,27,28)/t16-/m1/s1. The van der Waals surface area contributed by atoms with Gasteiger partial charge in [-0.05, 0) is 47.2 Å². The van der Waals surface area contributed by atoms with E-state index in [4.69, 9.17) is 10.1 Å². The van der Waals surface area contributed by atoms with Crippen LogP contribution in [0.25, 0.3) is 21.9 Å². The zero-order valence-corrected chi connectivity index (χ0v) is 18.1. The first kappa shape index (κ1) is 20.3. The van der Waals surface area contributed by atoms with Gasteiger partial charge < -0.3 is 15.0 Å². The van der Waals surface area contributed by atoms with Gasteiger partial charge in [-0.1, -0.05) is 32.9 Å². The normalized spacial score (nSPS) is 12.7. The highest BCUT2D eigenvalue weighted by atomic mass is 16.3. The molecule has 1 atom stereocenters. The Morgan fingerprint density at radius 3 is 2.57 bits per heavy atom. The molecule has 4 rings (SSSR count). The van der Waals surface area contributed by atoms with Crippen LogP contribution < -0.4 is 4.90 Å². The molecule has 0 radical (unpaired) electrons. The predicted octanol–water partition coefficient (Wildman–Crippen LogP) is 4.40. The van der Waals surface area contributed by atoms with Crippen LogP contribution in [0.5, 0.6) is 0 Å². The van der Waals surface area contributed by atoms with Crippen molar-refractivity contribution in [3.63, 3.8) is 0 Å². The number of hydrogen-bond donors (Lipinski definition) is 2. The fourth-order valence-corrected chi connectivity index (χ4v) is 3.69. The smallest absolute Gasteiger partial charge is 0.203 e. The summed E-state index contributed by atoms with van der Waals surface area (Å²) in [6, 6.07) is 12.8. The molecule has 0 aliphatic rings. The van der Waals surface area contributed by atoms with E-state index in [1.54, 1.807) is 0 Å². The quantitative estimate of drug-likeness (QED) is 0.478. The van der Waals surface area contributed by atoms with Crippen molar-refractivity contribution in [3.05, 3.63) is 59.5 Å². The Hall–Kier alpha value is -2.99. The molecule has 2 N–H and O–H groups in total. The highest BCUT2D eigenvalue weighted by Gasteiger charge is 2.13. The second-order valence-electron chi connectivity index (χ2n) is 8.35. The SMILES string of the molecule is CC(C)c1ccc2nc(C[C@@H](C)c3ccc4[nH]c(N(C)CCO)nc4c3)ncc2c1. The van der Waals surface area contributed by atoms with Gasteiger partial charge in [0.15, 0.2) is 0 Å². The Labute approximate surface area is 177 Å². The van der Waals surface area contributed by atoms with Crippen LogP contribution in [0.4, 0.5) is 5.95 Å². The number of benzene rings is 2. The molecule has 2 aromatic carbocycles. The van der Waals surface area contributed by atoms with Crippen molar-refractivity contribution in [2.75, 3.05) is 25.1 Å². The third-order valence-electron chi connectivity index (χ3n) is 5.67. The molecule has 30 heavy (non-hydrogen) atoms. The van der Waals surface area contributed by atoms with Crippen LogP contribution in [0.1, 0.15) is 49.6 Å². The minimum absolute atomic E-state index is 0.0976. The molecular formula is C24H29N5O. The molecular weight excluding hydrogens is 374 g/mol. The topological polar surface area (TPSA) is 77.9 Å². The van der Waals surface area contributed by atoms with Crippen LogP contribution in [0.15, 0.2) is 42.6 Å².